The van der Waals surface area contributed by atoms with Crippen molar-refractivity contribution in [2.45, 2.75) is 6.42 Å². The number of hydrogen-bond acceptors (Lipinski definition) is 3. The number of amides is 1. The normalized spacial score (nSPS) is 20.1. The quantitative estimate of drug-likeness (QED) is 0.888. The molecule has 16 heavy (non-hydrogen) atoms. The summed E-state index contributed by atoms with van der Waals surface area (Å²) in [7, 11) is 0. The lowest BCUT2D eigenvalue weighted by Gasteiger charge is -2.20. The third-order valence-electron chi connectivity index (χ3n) is 2.74. The molecule has 1 aromatic heterocycles. The second-order valence-electron chi connectivity index (χ2n) is 3.79. The second-order valence-corrected chi connectivity index (χ2v) is 5.49. The van der Waals surface area contributed by atoms with Gasteiger partial charge in [0.05, 0.1) is 20.6 Å². The van der Waals surface area contributed by atoms with Crippen LogP contribution in [0.25, 0.3) is 0 Å². The second kappa shape index (κ2) is 4.71. The van der Waals surface area contributed by atoms with E-state index in [0.29, 0.717) is 6.54 Å². The lowest BCUT2D eigenvalue weighted by atomic mass is 10.1. The van der Waals surface area contributed by atoms with Crippen molar-refractivity contribution in [1.29, 1.82) is 0 Å². The third kappa shape index (κ3) is 2.22. The zero-order valence-electron chi connectivity index (χ0n) is 8.49. The summed E-state index contributed by atoms with van der Waals surface area (Å²) >= 11 is 6.93. The van der Waals surface area contributed by atoms with Crippen LogP contribution in [0.3, 0.4) is 0 Å². The summed E-state index contributed by atoms with van der Waals surface area (Å²) < 4.78 is 1.85. The van der Waals surface area contributed by atoms with Gasteiger partial charge in [-0.1, -0.05) is 0 Å². The molecule has 6 heteroatoms. The van der Waals surface area contributed by atoms with E-state index in [2.05, 4.69) is 41.7 Å². The summed E-state index contributed by atoms with van der Waals surface area (Å²) in [6, 6.07) is 0. The first-order valence-electron chi connectivity index (χ1n) is 4.93. The van der Waals surface area contributed by atoms with Crippen LogP contribution in [-0.2, 0) is 4.79 Å². The van der Waals surface area contributed by atoms with Gasteiger partial charge < -0.3 is 10.6 Å². The highest BCUT2D eigenvalue weighted by Crippen LogP contribution is 2.35. The molecule has 1 fully saturated rings. The minimum Gasteiger partial charge on any atom is -0.369 e. The van der Waals surface area contributed by atoms with Gasteiger partial charge in [0, 0.05) is 25.5 Å². The SMILES string of the molecule is NC(=O)C1CCN(c2c(Br)cncc2Br)C1. The van der Waals surface area contributed by atoms with Crippen LogP contribution in [-0.4, -0.2) is 24.0 Å². The van der Waals surface area contributed by atoms with Gasteiger partial charge in [0.15, 0.2) is 0 Å². The molecule has 0 saturated carbocycles. The molecule has 2 rings (SSSR count). The molecule has 86 valence electrons. The van der Waals surface area contributed by atoms with E-state index in [1.165, 1.54) is 0 Å². The Labute approximate surface area is 110 Å². The number of halogens is 2. The van der Waals surface area contributed by atoms with Gasteiger partial charge in [0.2, 0.25) is 5.91 Å². The fourth-order valence-electron chi connectivity index (χ4n) is 1.90. The molecule has 1 amide bonds. The number of rotatable bonds is 2. The highest BCUT2D eigenvalue weighted by molar-refractivity contribution is 9.11. The number of nitrogens with two attached hydrogens (primary N) is 1. The number of pyridine rings is 1. The maximum atomic E-state index is 11.1. The van der Waals surface area contributed by atoms with Crippen molar-refractivity contribution in [3.05, 3.63) is 21.3 Å². The topological polar surface area (TPSA) is 59.2 Å². The molecule has 1 saturated heterocycles. The maximum absolute atomic E-state index is 11.1. The van der Waals surface area contributed by atoms with Crippen LogP contribution in [0.4, 0.5) is 5.69 Å². The van der Waals surface area contributed by atoms with Gasteiger partial charge in [0.25, 0.3) is 0 Å². The van der Waals surface area contributed by atoms with E-state index in [4.69, 9.17) is 5.73 Å². The average Bonchev–Trinajstić information content (AvgIpc) is 2.66. The Kier molecular flexibility index (Phi) is 3.49. The van der Waals surface area contributed by atoms with E-state index in [-0.39, 0.29) is 11.8 Å². The summed E-state index contributed by atoms with van der Waals surface area (Å²) in [6.07, 6.45) is 4.31. The zero-order valence-corrected chi connectivity index (χ0v) is 11.7. The number of carbonyl (C=O) groups is 1. The van der Waals surface area contributed by atoms with Gasteiger partial charge in [-0.2, -0.15) is 0 Å². The molecule has 2 heterocycles. The fraction of sp³-hybridized carbons (Fsp3) is 0.400. The molecule has 2 N–H and O–H groups in total. The Bertz CT molecular complexity index is 404. The van der Waals surface area contributed by atoms with Crippen molar-refractivity contribution in [1.82, 2.24) is 4.98 Å². The predicted molar refractivity (Wildman–Crippen MR) is 69.2 cm³/mol. The van der Waals surface area contributed by atoms with E-state index in [0.717, 1.165) is 27.6 Å². The van der Waals surface area contributed by atoms with Crippen molar-refractivity contribution in [2.24, 2.45) is 11.7 Å². The largest absolute Gasteiger partial charge is 0.369 e. The van der Waals surface area contributed by atoms with Crippen LogP contribution in [0.1, 0.15) is 6.42 Å². The summed E-state index contributed by atoms with van der Waals surface area (Å²) in [5, 5.41) is 0. The van der Waals surface area contributed by atoms with E-state index >= 15 is 0 Å². The molecular formula is C10H11Br2N3O. The Balaban J connectivity index is 2.24. The average molecular weight is 349 g/mol. The van der Waals surface area contributed by atoms with Crippen molar-refractivity contribution in [2.75, 3.05) is 18.0 Å². The van der Waals surface area contributed by atoms with Gasteiger partial charge >= 0.3 is 0 Å². The van der Waals surface area contributed by atoms with E-state index < -0.39 is 0 Å². The monoisotopic (exact) mass is 347 g/mol. The summed E-state index contributed by atoms with van der Waals surface area (Å²) in [5.41, 5.74) is 6.35. The highest BCUT2D eigenvalue weighted by Gasteiger charge is 2.28. The lowest BCUT2D eigenvalue weighted by Crippen LogP contribution is -2.27. The molecule has 0 radical (unpaired) electrons. The van der Waals surface area contributed by atoms with Crippen LogP contribution >= 0.6 is 31.9 Å². The number of anilines is 1. The van der Waals surface area contributed by atoms with Gasteiger partial charge in [0.1, 0.15) is 0 Å². The molecule has 1 aliphatic heterocycles. The molecule has 0 aliphatic carbocycles. The number of hydrogen-bond donors (Lipinski definition) is 1. The zero-order chi connectivity index (χ0) is 11.7. The number of nitrogens with zero attached hydrogens (tertiary/aromatic N) is 2. The van der Waals surface area contributed by atoms with Crippen molar-refractivity contribution in [3.8, 4) is 0 Å². The predicted octanol–water partition coefficient (Wildman–Crippen LogP) is 1.92. The van der Waals surface area contributed by atoms with Gasteiger partial charge in [-0.3, -0.25) is 9.78 Å². The summed E-state index contributed by atoms with van der Waals surface area (Å²) in [4.78, 5) is 17.3. The van der Waals surface area contributed by atoms with Crippen LogP contribution < -0.4 is 10.6 Å². The molecule has 1 aromatic rings. The van der Waals surface area contributed by atoms with Crippen molar-refractivity contribution in [3.63, 3.8) is 0 Å². The molecule has 4 nitrogen and oxygen atoms in total. The molecular weight excluding hydrogens is 338 g/mol. The molecule has 1 atom stereocenters. The van der Waals surface area contributed by atoms with Crippen molar-refractivity contribution >= 4 is 43.5 Å². The number of primary amides is 1. The first-order valence-corrected chi connectivity index (χ1v) is 6.51. The van der Waals surface area contributed by atoms with Gasteiger partial charge in [-0.25, -0.2) is 0 Å². The minimum atomic E-state index is -0.219. The first kappa shape index (κ1) is 11.9. The van der Waals surface area contributed by atoms with Crippen LogP contribution in [0.15, 0.2) is 21.3 Å². The smallest absolute Gasteiger partial charge is 0.222 e. The molecule has 0 bridgehead atoms. The van der Waals surface area contributed by atoms with E-state index in [1.807, 2.05) is 0 Å². The summed E-state index contributed by atoms with van der Waals surface area (Å²) in [6.45, 7) is 1.52. The molecule has 1 unspecified atom stereocenters. The molecule has 1 aliphatic rings. The minimum absolute atomic E-state index is 0.0491. The van der Waals surface area contributed by atoms with Gasteiger partial charge in [-0.15, -0.1) is 0 Å². The standard InChI is InChI=1S/C10H11Br2N3O/c11-7-3-14-4-8(12)9(7)15-2-1-6(5-15)10(13)16/h3-4,6H,1-2,5H2,(H2,13,16). The first-order chi connectivity index (χ1) is 7.59. The van der Waals surface area contributed by atoms with Crippen LogP contribution in [0.5, 0.6) is 0 Å². The van der Waals surface area contributed by atoms with Gasteiger partial charge in [-0.05, 0) is 38.3 Å². The van der Waals surface area contributed by atoms with Crippen LogP contribution in [0, 0.1) is 5.92 Å². The molecule has 0 aromatic carbocycles. The van der Waals surface area contributed by atoms with E-state index in [1.54, 1.807) is 12.4 Å². The van der Waals surface area contributed by atoms with E-state index in [9.17, 15) is 4.79 Å². The summed E-state index contributed by atoms with van der Waals surface area (Å²) in [5.74, 6) is -0.268. The number of aromatic nitrogens is 1. The fourth-order valence-corrected chi connectivity index (χ4v) is 3.33. The highest BCUT2D eigenvalue weighted by atomic mass is 79.9. The third-order valence-corrected chi connectivity index (χ3v) is 3.90. The number of carbonyl (C=O) groups excluding carboxylic acids is 1. The van der Waals surface area contributed by atoms with Crippen LogP contribution in [0.2, 0.25) is 0 Å². The molecule has 0 spiro atoms. The Morgan fingerprint density at radius 1 is 1.44 bits per heavy atom. The Morgan fingerprint density at radius 3 is 2.56 bits per heavy atom. The Morgan fingerprint density at radius 2 is 2.06 bits per heavy atom. The Hall–Kier alpha value is -0.620. The van der Waals surface area contributed by atoms with Crippen molar-refractivity contribution < 1.29 is 4.79 Å². The lowest BCUT2D eigenvalue weighted by molar-refractivity contribution is -0.121. The maximum Gasteiger partial charge on any atom is 0.222 e.